The van der Waals surface area contributed by atoms with E-state index in [4.69, 9.17) is 5.73 Å². The van der Waals surface area contributed by atoms with Gasteiger partial charge in [0.25, 0.3) is 0 Å². The topological polar surface area (TPSA) is 58.4 Å². The van der Waals surface area contributed by atoms with Crippen LogP contribution in [0.4, 0.5) is 0 Å². The number of nitrogens with two attached hydrogens (primary N) is 1. The number of piperidine rings is 1. The lowest BCUT2D eigenvalue weighted by molar-refractivity contribution is -0.132. The summed E-state index contributed by atoms with van der Waals surface area (Å²) >= 11 is 0. The van der Waals surface area contributed by atoms with E-state index in [9.17, 15) is 4.79 Å². The zero-order valence-corrected chi connectivity index (χ0v) is 8.28. The van der Waals surface area contributed by atoms with Gasteiger partial charge in [-0.2, -0.15) is 0 Å². The minimum Gasteiger partial charge on any atom is -0.340 e. The molecule has 2 saturated heterocycles. The summed E-state index contributed by atoms with van der Waals surface area (Å²) in [4.78, 5) is 13.9. The maximum absolute atomic E-state index is 12.0. The van der Waals surface area contributed by atoms with Crippen LogP contribution in [0.1, 0.15) is 19.3 Å². The molecule has 3 aliphatic rings. The van der Waals surface area contributed by atoms with Crippen molar-refractivity contribution in [1.82, 2.24) is 10.2 Å². The van der Waals surface area contributed by atoms with Gasteiger partial charge in [-0.05, 0) is 25.2 Å². The number of fused-ring (bicyclic) bond motifs is 1. The third-order valence-corrected chi connectivity index (χ3v) is 3.71. The highest BCUT2D eigenvalue weighted by Gasteiger charge is 2.48. The Morgan fingerprint density at radius 1 is 1.43 bits per heavy atom. The fraction of sp³-hybridized carbons (Fsp3) is 0.900. The summed E-state index contributed by atoms with van der Waals surface area (Å²) in [6.45, 7) is 1.61. The largest absolute Gasteiger partial charge is 0.340 e. The average Bonchev–Trinajstić information content (AvgIpc) is 2.64. The Balaban J connectivity index is 1.59. The Kier molecular flexibility index (Phi) is 1.82. The molecule has 3 fully saturated rings. The summed E-state index contributed by atoms with van der Waals surface area (Å²) < 4.78 is 0. The molecule has 4 heteroatoms. The second kappa shape index (κ2) is 2.94. The van der Waals surface area contributed by atoms with Gasteiger partial charge < -0.3 is 16.0 Å². The van der Waals surface area contributed by atoms with Gasteiger partial charge in [-0.25, -0.2) is 0 Å². The molecule has 3 N–H and O–H groups in total. The van der Waals surface area contributed by atoms with Crippen molar-refractivity contribution in [3.63, 3.8) is 0 Å². The van der Waals surface area contributed by atoms with Crippen molar-refractivity contribution in [2.75, 3.05) is 13.1 Å². The van der Waals surface area contributed by atoms with E-state index >= 15 is 0 Å². The first kappa shape index (κ1) is 8.68. The molecular weight excluding hydrogens is 178 g/mol. The molecule has 1 saturated carbocycles. The molecule has 4 atom stereocenters. The molecule has 1 unspecified atom stereocenters. The molecule has 4 nitrogen and oxygen atoms in total. The maximum atomic E-state index is 12.0. The first-order valence-electron chi connectivity index (χ1n) is 5.54. The predicted molar refractivity (Wildman–Crippen MR) is 52.6 cm³/mol. The van der Waals surface area contributed by atoms with Crippen LogP contribution in [0.15, 0.2) is 0 Å². The highest BCUT2D eigenvalue weighted by atomic mass is 16.2. The molecule has 0 aromatic heterocycles. The van der Waals surface area contributed by atoms with E-state index in [2.05, 4.69) is 5.32 Å². The van der Waals surface area contributed by atoms with E-state index in [1.165, 1.54) is 6.42 Å². The molecule has 1 aliphatic carbocycles. The first-order chi connectivity index (χ1) is 6.74. The van der Waals surface area contributed by atoms with Crippen LogP contribution in [0.25, 0.3) is 0 Å². The standard InChI is InChI=1S/C10H17N3O/c11-7-1-2-13(5-7)10(14)9-4-6-3-8(6)12-9/h6-9,12H,1-5,11H2/t6-,7?,8-,9-/m0/s1. The lowest BCUT2D eigenvalue weighted by Gasteiger charge is -2.21. The lowest BCUT2D eigenvalue weighted by Crippen LogP contribution is -2.44. The number of carbonyl (C=O) groups is 1. The van der Waals surface area contributed by atoms with E-state index in [-0.39, 0.29) is 18.0 Å². The smallest absolute Gasteiger partial charge is 0.239 e. The SMILES string of the molecule is NC1CCN(C(=O)[C@@H]2C[C@@H]3C[C@@H]3N2)C1. The Labute approximate surface area is 83.8 Å². The van der Waals surface area contributed by atoms with Crippen LogP contribution in [0, 0.1) is 5.92 Å². The highest BCUT2D eigenvalue weighted by molar-refractivity contribution is 5.83. The van der Waals surface area contributed by atoms with Gasteiger partial charge >= 0.3 is 0 Å². The van der Waals surface area contributed by atoms with E-state index < -0.39 is 0 Å². The van der Waals surface area contributed by atoms with Crippen molar-refractivity contribution >= 4 is 5.91 Å². The molecule has 2 heterocycles. The summed E-state index contributed by atoms with van der Waals surface area (Å²) in [5, 5.41) is 3.39. The molecule has 0 aromatic carbocycles. The average molecular weight is 195 g/mol. The molecule has 0 spiro atoms. The van der Waals surface area contributed by atoms with Crippen molar-refractivity contribution in [1.29, 1.82) is 0 Å². The molecular formula is C10H17N3O. The zero-order chi connectivity index (χ0) is 9.71. The molecule has 14 heavy (non-hydrogen) atoms. The Hall–Kier alpha value is -0.610. The van der Waals surface area contributed by atoms with E-state index in [0.29, 0.717) is 6.04 Å². The first-order valence-corrected chi connectivity index (χ1v) is 5.54. The maximum Gasteiger partial charge on any atom is 0.239 e. The van der Waals surface area contributed by atoms with Gasteiger partial charge in [0.2, 0.25) is 5.91 Å². The van der Waals surface area contributed by atoms with Crippen molar-refractivity contribution < 1.29 is 4.79 Å². The van der Waals surface area contributed by atoms with Gasteiger partial charge in [0.1, 0.15) is 0 Å². The van der Waals surface area contributed by atoms with Crippen LogP contribution >= 0.6 is 0 Å². The van der Waals surface area contributed by atoms with Gasteiger partial charge in [-0.1, -0.05) is 0 Å². The summed E-state index contributed by atoms with van der Waals surface area (Å²) in [6.07, 6.45) is 3.30. The molecule has 0 bridgehead atoms. The second-order valence-electron chi connectivity index (χ2n) is 4.89. The Morgan fingerprint density at radius 2 is 2.29 bits per heavy atom. The number of carbonyl (C=O) groups excluding carboxylic acids is 1. The summed E-state index contributed by atoms with van der Waals surface area (Å²) in [5.41, 5.74) is 5.78. The number of amides is 1. The van der Waals surface area contributed by atoms with Gasteiger partial charge in [0.15, 0.2) is 0 Å². The minimum atomic E-state index is 0.101. The predicted octanol–water partition coefficient (Wildman–Crippen LogP) is -0.704. The molecule has 0 aromatic rings. The summed E-state index contributed by atoms with van der Waals surface area (Å²) in [6, 6.07) is 0.958. The van der Waals surface area contributed by atoms with E-state index in [1.54, 1.807) is 0 Å². The van der Waals surface area contributed by atoms with Crippen LogP contribution < -0.4 is 11.1 Å². The number of rotatable bonds is 1. The van der Waals surface area contributed by atoms with Gasteiger partial charge in [0.05, 0.1) is 6.04 Å². The quantitative estimate of drug-likeness (QED) is 0.581. The van der Waals surface area contributed by atoms with E-state index in [0.717, 1.165) is 31.8 Å². The number of hydrogen-bond donors (Lipinski definition) is 2. The Morgan fingerprint density at radius 3 is 2.86 bits per heavy atom. The van der Waals surface area contributed by atoms with Gasteiger partial charge in [-0.3, -0.25) is 4.79 Å². The summed E-state index contributed by atoms with van der Waals surface area (Å²) in [7, 11) is 0. The molecule has 0 radical (unpaired) electrons. The van der Waals surface area contributed by atoms with Crippen LogP contribution in [-0.4, -0.2) is 42.0 Å². The van der Waals surface area contributed by atoms with Crippen LogP contribution in [0.5, 0.6) is 0 Å². The number of hydrogen-bond acceptors (Lipinski definition) is 3. The van der Waals surface area contributed by atoms with Crippen LogP contribution in [0.3, 0.4) is 0 Å². The van der Waals surface area contributed by atoms with Crippen LogP contribution in [0.2, 0.25) is 0 Å². The molecule has 2 aliphatic heterocycles. The van der Waals surface area contributed by atoms with Crippen molar-refractivity contribution in [2.24, 2.45) is 11.7 Å². The number of nitrogens with zero attached hydrogens (tertiary/aromatic N) is 1. The third-order valence-electron chi connectivity index (χ3n) is 3.71. The van der Waals surface area contributed by atoms with Crippen molar-refractivity contribution in [3.8, 4) is 0 Å². The monoisotopic (exact) mass is 195 g/mol. The third kappa shape index (κ3) is 1.33. The highest BCUT2D eigenvalue weighted by Crippen LogP contribution is 2.41. The Bertz CT molecular complexity index is 249. The van der Waals surface area contributed by atoms with Gasteiger partial charge in [0, 0.05) is 25.2 Å². The normalized spacial score (nSPS) is 45.4. The minimum absolute atomic E-state index is 0.101. The molecule has 3 rings (SSSR count). The second-order valence-corrected chi connectivity index (χ2v) is 4.89. The van der Waals surface area contributed by atoms with Gasteiger partial charge in [-0.15, -0.1) is 0 Å². The van der Waals surface area contributed by atoms with Crippen LogP contribution in [-0.2, 0) is 4.79 Å². The number of nitrogens with one attached hydrogen (secondary N) is 1. The molecule has 1 amide bonds. The van der Waals surface area contributed by atoms with Crippen molar-refractivity contribution in [3.05, 3.63) is 0 Å². The summed E-state index contributed by atoms with van der Waals surface area (Å²) in [5.74, 6) is 1.07. The fourth-order valence-electron chi connectivity index (χ4n) is 2.72. The molecule has 78 valence electrons. The fourth-order valence-corrected chi connectivity index (χ4v) is 2.72. The lowest BCUT2D eigenvalue weighted by atomic mass is 10.1. The zero-order valence-electron chi connectivity index (χ0n) is 8.28. The van der Waals surface area contributed by atoms with E-state index in [1.807, 2.05) is 4.90 Å². The van der Waals surface area contributed by atoms with Crippen molar-refractivity contribution in [2.45, 2.75) is 37.4 Å². The number of likely N-dealkylation sites (tertiary alicyclic amines) is 1.